The highest BCUT2D eigenvalue weighted by Crippen LogP contribution is 2.31. The van der Waals surface area contributed by atoms with Gasteiger partial charge in [-0.15, -0.1) is 0 Å². The number of amides is 1. The van der Waals surface area contributed by atoms with Crippen molar-refractivity contribution in [2.75, 3.05) is 25.6 Å². The molecule has 0 bridgehead atoms. The summed E-state index contributed by atoms with van der Waals surface area (Å²) in [5, 5.41) is 0. The number of hydrogen-bond donors (Lipinski definition) is 0. The molecule has 8 heteroatoms. The van der Waals surface area contributed by atoms with Crippen molar-refractivity contribution in [2.45, 2.75) is 17.7 Å². The molecule has 0 N–H and O–H groups in total. The summed E-state index contributed by atoms with van der Waals surface area (Å²) in [6.45, 7) is 0.416. The molecule has 1 heterocycles. The summed E-state index contributed by atoms with van der Waals surface area (Å²) in [6.07, 6.45) is 1.46. The molecule has 1 aliphatic heterocycles. The van der Waals surface area contributed by atoms with E-state index in [0.717, 1.165) is 22.9 Å². The lowest BCUT2D eigenvalue weighted by atomic mass is 10.0. The van der Waals surface area contributed by atoms with Crippen LogP contribution >= 0.6 is 0 Å². The van der Waals surface area contributed by atoms with E-state index in [9.17, 15) is 17.6 Å². The van der Waals surface area contributed by atoms with Crippen LogP contribution in [0.25, 0.3) is 0 Å². The molecule has 1 aliphatic rings. The number of hydroxylamine groups is 1. The first-order chi connectivity index (χ1) is 12.4. The van der Waals surface area contributed by atoms with Crippen LogP contribution in [-0.2, 0) is 21.3 Å². The Labute approximate surface area is 151 Å². The van der Waals surface area contributed by atoms with Crippen LogP contribution in [0.5, 0.6) is 0 Å². The number of carbonyl (C=O) groups excluding carboxylic acids is 1. The fraction of sp³-hybridized carbons (Fsp3) is 0.278. The number of carbonyl (C=O) groups is 1. The summed E-state index contributed by atoms with van der Waals surface area (Å²) in [5.74, 6) is -0.795. The van der Waals surface area contributed by atoms with Crippen molar-refractivity contribution in [1.29, 1.82) is 0 Å². The van der Waals surface area contributed by atoms with Crippen molar-refractivity contribution in [3.05, 3.63) is 59.4 Å². The van der Waals surface area contributed by atoms with Gasteiger partial charge in [0.05, 0.1) is 17.7 Å². The maximum atomic E-state index is 14.3. The predicted octanol–water partition coefficient (Wildman–Crippen LogP) is 2.60. The highest BCUT2D eigenvalue weighted by Gasteiger charge is 2.27. The Morgan fingerprint density at radius 1 is 1.19 bits per heavy atom. The summed E-state index contributed by atoms with van der Waals surface area (Å²) in [5.41, 5.74) is 1.39. The number of hydrogen-bond acceptors (Lipinski definition) is 4. The summed E-state index contributed by atoms with van der Waals surface area (Å²) < 4.78 is 39.4. The van der Waals surface area contributed by atoms with E-state index in [-0.39, 0.29) is 10.8 Å². The second-order valence-electron chi connectivity index (χ2n) is 5.93. The van der Waals surface area contributed by atoms with E-state index in [1.54, 1.807) is 6.07 Å². The van der Waals surface area contributed by atoms with E-state index >= 15 is 0 Å². The third-order valence-corrected chi connectivity index (χ3v) is 6.10. The zero-order valence-electron chi connectivity index (χ0n) is 14.5. The standard InChI is InChI=1S/C18H19FN2O4S/c1-20(25-2)26(23,24)15-10-8-14(9-11-15)18(22)21-12-4-6-13-5-3-7-16(19)17(13)21/h3,5,7-11H,4,6,12H2,1-2H3. The minimum absolute atomic E-state index is 0.00336. The van der Waals surface area contributed by atoms with E-state index in [4.69, 9.17) is 4.84 Å². The van der Waals surface area contributed by atoms with Gasteiger partial charge in [0.15, 0.2) is 0 Å². The van der Waals surface area contributed by atoms with Gasteiger partial charge >= 0.3 is 0 Å². The molecule has 0 aromatic heterocycles. The highest BCUT2D eigenvalue weighted by molar-refractivity contribution is 7.89. The molecule has 0 saturated carbocycles. The van der Waals surface area contributed by atoms with Gasteiger partial charge in [0.2, 0.25) is 0 Å². The van der Waals surface area contributed by atoms with Crippen LogP contribution in [0.3, 0.4) is 0 Å². The van der Waals surface area contributed by atoms with Crippen molar-refractivity contribution >= 4 is 21.6 Å². The van der Waals surface area contributed by atoms with E-state index < -0.39 is 15.8 Å². The lowest BCUT2D eigenvalue weighted by molar-refractivity contribution is -0.0258. The summed E-state index contributed by atoms with van der Waals surface area (Å²) in [4.78, 5) is 19.0. The number of anilines is 1. The van der Waals surface area contributed by atoms with Crippen LogP contribution in [-0.4, -0.2) is 39.5 Å². The monoisotopic (exact) mass is 378 g/mol. The zero-order chi connectivity index (χ0) is 18.9. The molecule has 0 atom stereocenters. The molecule has 2 aromatic carbocycles. The Morgan fingerprint density at radius 3 is 2.54 bits per heavy atom. The molecule has 0 saturated heterocycles. The Bertz CT molecular complexity index is 929. The van der Waals surface area contributed by atoms with Crippen LogP contribution in [0.2, 0.25) is 0 Å². The van der Waals surface area contributed by atoms with Gasteiger partial charge < -0.3 is 4.90 Å². The Hall–Kier alpha value is -2.29. The number of halogens is 1. The highest BCUT2D eigenvalue weighted by atomic mass is 32.2. The van der Waals surface area contributed by atoms with Crippen LogP contribution < -0.4 is 4.90 Å². The number of nitrogens with zero attached hydrogens (tertiary/aromatic N) is 2. The first-order valence-electron chi connectivity index (χ1n) is 8.08. The normalized spacial score (nSPS) is 14.4. The molecule has 2 aromatic rings. The molecule has 0 unspecified atom stereocenters. The van der Waals surface area contributed by atoms with Crippen molar-refractivity contribution in [1.82, 2.24) is 4.47 Å². The van der Waals surface area contributed by atoms with Crippen LogP contribution in [0.15, 0.2) is 47.4 Å². The van der Waals surface area contributed by atoms with Gasteiger partial charge in [-0.2, -0.15) is 0 Å². The van der Waals surface area contributed by atoms with E-state index in [0.29, 0.717) is 17.8 Å². The van der Waals surface area contributed by atoms with Crippen LogP contribution in [0.1, 0.15) is 22.3 Å². The first-order valence-corrected chi connectivity index (χ1v) is 9.52. The smallest absolute Gasteiger partial charge is 0.264 e. The fourth-order valence-corrected chi connectivity index (χ4v) is 3.95. The number of fused-ring (bicyclic) bond motifs is 1. The summed E-state index contributed by atoms with van der Waals surface area (Å²) in [6, 6.07) is 10.3. The first kappa shape index (κ1) is 18.5. The van der Waals surface area contributed by atoms with Crippen molar-refractivity contribution in [3.63, 3.8) is 0 Å². The molecule has 26 heavy (non-hydrogen) atoms. The SMILES string of the molecule is CON(C)S(=O)(=O)c1ccc(C(=O)N2CCCc3cccc(F)c32)cc1. The molecule has 138 valence electrons. The maximum Gasteiger partial charge on any atom is 0.264 e. The second-order valence-corrected chi connectivity index (χ2v) is 7.87. The van der Waals surface area contributed by atoms with Gasteiger partial charge in [-0.3, -0.25) is 9.63 Å². The van der Waals surface area contributed by atoms with Gasteiger partial charge in [0, 0.05) is 19.2 Å². The number of benzene rings is 2. The number of rotatable bonds is 4. The van der Waals surface area contributed by atoms with Gasteiger partial charge in [-0.1, -0.05) is 16.6 Å². The van der Waals surface area contributed by atoms with E-state index in [2.05, 4.69) is 0 Å². The van der Waals surface area contributed by atoms with Gasteiger partial charge in [0.25, 0.3) is 15.9 Å². The largest absolute Gasteiger partial charge is 0.305 e. The Kier molecular flexibility index (Phi) is 5.08. The lowest BCUT2D eigenvalue weighted by Gasteiger charge is -2.30. The molecular formula is C18H19FN2O4S. The molecule has 0 fully saturated rings. The zero-order valence-corrected chi connectivity index (χ0v) is 15.3. The predicted molar refractivity (Wildman–Crippen MR) is 94.8 cm³/mol. The quantitative estimate of drug-likeness (QED) is 0.767. The molecule has 0 radical (unpaired) electrons. The minimum Gasteiger partial charge on any atom is -0.305 e. The molecule has 0 spiro atoms. The van der Waals surface area contributed by atoms with Crippen LogP contribution in [0.4, 0.5) is 10.1 Å². The third-order valence-electron chi connectivity index (χ3n) is 4.41. The number of sulfonamides is 1. The molecular weight excluding hydrogens is 359 g/mol. The van der Waals surface area contributed by atoms with Crippen molar-refractivity contribution in [2.24, 2.45) is 0 Å². The fourth-order valence-electron chi connectivity index (χ4n) is 2.98. The minimum atomic E-state index is -3.79. The Morgan fingerprint density at radius 2 is 1.88 bits per heavy atom. The second kappa shape index (κ2) is 7.14. The molecule has 3 rings (SSSR count). The molecule has 0 aliphatic carbocycles. The van der Waals surface area contributed by atoms with E-state index in [1.165, 1.54) is 49.4 Å². The van der Waals surface area contributed by atoms with Crippen LogP contribution in [0, 0.1) is 5.82 Å². The summed E-state index contributed by atoms with van der Waals surface area (Å²) in [7, 11) is -1.26. The average Bonchev–Trinajstić information content (AvgIpc) is 2.66. The van der Waals surface area contributed by atoms with Gasteiger partial charge in [0.1, 0.15) is 5.82 Å². The number of para-hydroxylation sites is 1. The average molecular weight is 378 g/mol. The topological polar surface area (TPSA) is 66.9 Å². The molecule has 1 amide bonds. The maximum absolute atomic E-state index is 14.3. The van der Waals surface area contributed by atoms with Crippen molar-refractivity contribution < 1.29 is 22.4 Å². The van der Waals surface area contributed by atoms with Crippen molar-refractivity contribution in [3.8, 4) is 0 Å². The summed E-state index contributed by atoms with van der Waals surface area (Å²) >= 11 is 0. The lowest BCUT2D eigenvalue weighted by Crippen LogP contribution is -2.36. The Balaban J connectivity index is 1.91. The molecule has 6 nitrogen and oxygen atoms in total. The third kappa shape index (κ3) is 3.23. The van der Waals surface area contributed by atoms with Gasteiger partial charge in [-0.25, -0.2) is 12.8 Å². The van der Waals surface area contributed by atoms with E-state index in [1.807, 2.05) is 6.07 Å². The number of aryl methyl sites for hydroxylation is 1. The van der Waals surface area contributed by atoms with Gasteiger partial charge in [-0.05, 0) is 48.7 Å².